The van der Waals surface area contributed by atoms with E-state index in [1.807, 2.05) is 45.0 Å². The summed E-state index contributed by atoms with van der Waals surface area (Å²) in [5.74, 6) is -1.19. The van der Waals surface area contributed by atoms with Crippen molar-refractivity contribution in [1.29, 1.82) is 0 Å². The molecular formula is C24H31N3O6S. The molecule has 1 fully saturated rings. The molecule has 1 aliphatic rings. The van der Waals surface area contributed by atoms with Crippen LogP contribution in [0.4, 0.5) is 11.4 Å². The number of morpholine rings is 1. The molecule has 2 aromatic carbocycles. The fraction of sp³-hybridized carbons (Fsp3) is 0.417. The summed E-state index contributed by atoms with van der Waals surface area (Å²) >= 11 is 0. The Morgan fingerprint density at radius 1 is 1.03 bits per heavy atom. The third-order valence-corrected chi connectivity index (χ3v) is 7.26. The van der Waals surface area contributed by atoms with Gasteiger partial charge in [0.05, 0.1) is 22.7 Å². The van der Waals surface area contributed by atoms with E-state index in [9.17, 15) is 18.0 Å². The first kappa shape index (κ1) is 25.7. The van der Waals surface area contributed by atoms with Crippen molar-refractivity contribution in [1.82, 2.24) is 4.31 Å². The van der Waals surface area contributed by atoms with E-state index < -0.39 is 28.0 Å². The Morgan fingerprint density at radius 2 is 1.59 bits per heavy atom. The molecule has 1 amide bonds. The Kier molecular flexibility index (Phi) is 7.96. The van der Waals surface area contributed by atoms with Gasteiger partial charge in [-0.25, -0.2) is 13.2 Å². The highest BCUT2D eigenvalue weighted by Gasteiger charge is 2.32. The second-order valence-corrected chi connectivity index (χ2v) is 10.5. The number of hydrogen-bond donors (Lipinski definition) is 1. The van der Waals surface area contributed by atoms with Crippen molar-refractivity contribution in [3.05, 3.63) is 54.1 Å². The molecular weight excluding hydrogens is 458 g/mol. The Labute approximate surface area is 200 Å². The molecule has 0 spiro atoms. The van der Waals surface area contributed by atoms with Gasteiger partial charge in [0.2, 0.25) is 10.0 Å². The normalized spacial score (nSPS) is 19.8. The van der Waals surface area contributed by atoms with Gasteiger partial charge in [-0.1, -0.05) is 0 Å². The number of hydrogen-bond acceptors (Lipinski definition) is 7. The van der Waals surface area contributed by atoms with Crippen LogP contribution < -0.4 is 10.2 Å². The first-order chi connectivity index (χ1) is 16.0. The van der Waals surface area contributed by atoms with Gasteiger partial charge in [0, 0.05) is 38.6 Å². The smallest absolute Gasteiger partial charge is 0.338 e. The summed E-state index contributed by atoms with van der Waals surface area (Å²) in [7, 11) is 0.119. The Hall–Kier alpha value is -2.95. The minimum atomic E-state index is -3.72. The summed E-state index contributed by atoms with van der Waals surface area (Å²) in [6.07, 6.45) is -1.45. The standard InChI is InChI=1S/C24H31N3O6S/c1-16-14-27(15-17(2)32-16)34(30,31)22-12-6-19(7-13-22)24(29)33-18(3)23(28)25-20-8-10-21(11-9-20)26(4)5/h6-13,16-18H,14-15H2,1-5H3,(H,25,28)/t16-,17+,18-/m0/s1. The van der Waals surface area contributed by atoms with Crippen molar-refractivity contribution < 1.29 is 27.5 Å². The number of esters is 1. The van der Waals surface area contributed by atoms with Crippen LogP contribution in [0.1, 0.15) is 31.1 Å². The third kappa shape index (κ3) is 6.13. The molecule has 2 aromatic rings. The maximum atomic E-state index is 13.0. The van der Waals surface area contributed by atoms with Crippen LogP contribution in [-0.4, -0.2) is 70.1 Å². The van der Waals surface area contributed by atoms with Gasteiger partial charge >= 0.3 is 5.97 Å². The number of carbonyl (C=O) groups excluding carboxylic acids is 2. The zero-order valence-corrected chi connectivity index (χ0v) is 20.8. The molecule has 0 radical (unpaired) electrons. The molecule has 9 nitrogen and oxygen atoms in total. The van der Waals surface area contributed by atoms with Gasteiger partial charge < -0.3 is 19.7 Å². The number of nitrogens with one attached hydrogen (secondary N) is 1. The average molecular weight is 490 g/mol. The predicted octanol–water partition coefficient (Wildman–Crippen LogP) is 2.73. The number of rotatable bonds is 7. The van der Waals surface area contributed by atoms with Gasteiger partial charge in [-0.05, 0) is 69.3 Å². The first-order valence-corrected chi connectivity index (χ1v) is 12.5. The monoisotopic (exact) mass is 489 g/mol. The van der Waals surface area contributed by atoms with Gasteiger partial charge in [-0.2, -0.15) is 4.31 Å². The second-order valence-electron chi connectivity index (χ2n) is 8.58. The molecule has 1 heterocycles. The molecule has 34 heavy (non-hydrogen) atoms. The van der Waals surface area contributed by atoms with Crippen LogP contribution in [0.15, 0.2) is 53.4 Å². The van der Waals surface area contributed by atoms with Gasteiger partial charge in [0.25, 0.3) is 5.91 Å². The summed E-state index contributed by atoms with van der Waals surface area (Å²) in [5, 5.41) is 2.71. The van der Waals surface area contributed by atoms with E-state index in [0.29, 0.717) is 5.69 Å². The zero-order valence-electron chi connectivity index (χ0n) is 20.0. The number of amides is 1. The lowest BCUT2D eigenvalue weighted by Crippen LogP contribution is -2.48. The number of benzene rings is 2. The summed E-state index contributed by atoms with van der Waals surface area (Å²) in [6.45, 7) is 5.66. The van der Waals surface area contributed by atoms with Crippen LogP contribution in [0.2, 0.25) is 0 Å². The van der Waals surface area contributed by atoms with E-state index >= 15 is 0 Å². The first-order valence-electron chi connectivity index (χ1n) is 11.0. The number of anilines is 2. The fourth-order valence-corrected chi connectivity index (χ4v) is 5.20. The van der Waals surface area contributed by atoms with Crippen molar-refractivity contribution in [2.24, 2.45) is 0 Å². The van der Waals surface area contributed by atoms with Crippen LogP contribution in [-0.2, 0) is 24.3 Å². The maximum Gasteiger partial charge on any atom is 0.338 e. The Bertz CT molecular complexity index is 1110. The Balaban J connectivity index is 1.61. The van der Waals surface area contributed by atoms with E-state index in [4.69, 9.17) is 9.47 Å². The van der Waals surface area contributed by atoms with E-state index in [-0.39, 0.29) is 35.8 Å². The third-order valence-electron chi connectivity index (χ3n) is 5.42. The quantitative estimate of drug-likeness (QED) is 0.596. The largest absolute Gasteiger partial charge is 0.449 e. The molecule has 184 valence electrons. The molecule has 1 saturated heterocycles. The molecule has 1 aliphatic heterocycles. The molecule has 0 aliphatic carbocycles. The zero-order chi connectivity index (χ0) is 25.0. The molecule has 0 bridgehead atoms. The highest BCUT2D eigenvalue weighted by Crippen LogP contribution is 2.22. The average Bonchev–Trinajstić information content (AvgIpc) is 2.78. The molecule has 10 heteroatoms. The predicted molar refractivity (Wildman–Crippen MR) is 129 cm³/mol. The number of carbonyl (C=O) groups is 2. The van der Waals surface area contributed by atoms with Gasteiger partial charge in [0.1, 0.15) is 0 Å². The van der Waals surface area contributed by atoms with E-state index in [1.54, 1.807) is 12.1 Å². The van der Waals surface area contributed by atoms with Crippen molar-refractivity contribution in [3.63, 3.8) is 0 Å². The lowest BCUT2D eigenvalue weighted by Gasteiger charge is -2.34. The van der Waals surface area contributed by atoms with Gasteiger partial charge in [0.15, 0.2) is 6.10 Å². The molecule has 1 N–H and O–H groups in total. The van der Waals surface area contributed by atoms with Crippen LogP contribution in [0.3, 0.4) is 0 Å². The van der Waals surface area contributed by atoms with Gasteiger partial charge in [-0.15, -0.1) is 0 Å². The minimum Gasteiger partial charge on any atom is -0.449 e. The number of ether oxygens (including phenoxy) is 2. The maximum absolute atomic E-state index is 13.0. The molecule has 3 rings (SSSR count). The van der Waals surface area contributed by atoms with Crippen LogP contribution in [0, 0.1) is 0 Å². The van der Waals surface area contributed by atoms with Crippen molar-refractivity contribution in [2.75, 3.05) is 37.4 Å². The lowest BCUT2D eigenvalue weighted by molar-refractivity contribution is -0.123. The number of sulfonamides is 1. The van der Waals surface area contributed by atoms with Crippen molar-refractivity contribution >= 4 is 33.3 Å². The topological polar surface area (TPSA) is 105 Å². The molecule has 0 unspecified atom stereocenters. The van der Waals surface area contributed by atoms with Gasteiger partial charge in [-0.3, -0.25) is 4.79 Å². The fourth-order valence-electron chi connectivity index (χ4n) is 3.61. The molecule has 0 saturated carbocycles. The Morgan fingerprint density at radius 3 is 2.12 bits per heavy atom. The summed E-state index contributed by atoms with van der Waals surface area (Å²) in [6, 6.07) is 12.7. The van der Waals surface area contributed by atoms with Crippen LogP contribution in [0.5, 0.6) is 0 Å². The second kappa shape index (κ2) is 10.5. The van der Waals surface area contributed by atoms with Crippen LogP contribution in [0.25, 0.3) is 0 Å². The highest BCUT2D eigenvalue weighted by molar-refractivity contribution is 7.89. The molecule has 0 aromatic heterocycles. The summed E-state index contributed by atoms with van der Waals surface area (Å²) < 4.78 is 38.2. The number of nitrogens with zero attached hydrogens (tertiary/aromatic N) is 2. The summed E-state index contributed by atoms with van der Waals surface area (Å²) in [5.41, 5.74) is 1.72. The van der Waals surface area contributed by atoms with E-state index in [0.717, 1.165) is 5.69 Å². The van der Waals surface area contributed by atoms with E-state index in [1.165, 1.54) is 35.5 Å². The SMILES string of the molecule is C[C@@H]1CN(S(=O)(=O)c2ccc(C(=O)O[C@@H](C)C(=O)Nc3ccc(N(C)C)cc3)cc2)C[C@H](C)O1. The molecule has 3 atom stereocenters. The van der Waals surface area contributed by atoms with Crippen molar-refractivity contribution in [2.45, 2.75) is 44.0 Å². The van der Waals surface area contributed by atoms with Crippen molar-refractivity contribution in [3.8, 4) is 0 Å². The lowest BCUT2D eigenvalue weighted by atomic mass is 10.2. The highest BCUT2D eigenvalue weighted by atomic mass is 32.2. The summed E-state index contributed by atoms with van der Waals surface area (Å²) in [4.78, 5) is 26.9. The van der Waals surface area contributed by atoms with Crippen LogP contribution >= 0.6 is 0 Å². The minimum absolute atomic E-state index is 0.0808. The van der Waals surface area contributed by atoms with E-state index in [2.05, 4.69) is 5.32 Å².